The van der Waals surface area contributed by atoms with Crippen molar-refractivity contribution in [1.29, 1.82) is 0 Å². The monoisotopic (exact) mass is 437 g/mol. The summed E-state index contributed by atoms with van der Waals surface area (Å²) in [7, 11) is -5.17. The van der Waals surface area contributed by atoms with Gasteiger partial charge in [-0.15, -0.1) is 0 Å². The van der Waals surface area contributed by atoms with E-state index in [4.69, 9.17) is 17.5 Å². The third kappa shape index (κ3) is 4.11. The summed E-state index contributed by atoms with van der Waals surface area (Å²) in [6.07, 6.45) is 6.59. The first-order valence-corrected chi connectivity index (χ1v) is 13.0. The van der Waals surface area contributed by atoms with Crippen molar-refractivity contribution >= 4 is 32.9 Å². The topological polar surface area (TPSA) is 80.3 Å². The van der Waals surface area contributed by atoms with E-state index in [1.54, 1.807) is 0 Å². The van der Waals surface area contributed by atoms with E-state index >= 15 is 0 Å². The van der Waals surface area contributed by atoms with E-state index in [-0.39, 0.29) is 0 Å². The molecule has 6 heteroatoms. The minimum Gasteiger partial charge on any atom is -0.759 e. The van der Waals surface area contributed by atoms with Crippen LogP contribution >= 0.6 is 6.60 Å². The van der Waals surface area contributed by atoms with Gasteiger partial charge in [0.1, 0.15) is 0 Å². The maximum Gasteiger partial charge on any atom is 0.0311 e. The van der Waals surface area contributed by atoms with Gasteiger partial charge in [0.2, 0.25) is 0 Å². The van der Waals surface area contributed by atoms with Gasteiger partial charge in [-0.3, -0.25) is 8.42 Å². The van der Waals surface area contributed by atoms with Crippen LogP contribution in [0, 0.1) is 13.3 Å². The number of rotatable bonds is 3. The van der Waals surface area contributed by atoms with E-state index in [9.17, 15) is 0 Å². The quantitative estimate of drug-likeness (QED) is 0.271. The van der Waals surface area contributed by atoms with E-state index in [1.165, 1.54) is 21.5 Å². The van der Waals surface area contributed by atoms with Crippen molar-refractivity contribution in [3.8, 4) is 0 Å². The molecule has 0 aliphatic carbocycles. The minimum atomic E-state index is -5.17. The van der Waals surface area contributed by atoms with E-state index in [1.807, 2.05) is 0 Å². The van der Waals surface area contributed by atoms with Crippen LogP contribution in [0.4, 0.5) is 0 Å². The standard InChI is InChI=1S/C24H22P.H2O4S/c1-21-13-9-10-18-24(21)25(19-11-4-12-20-25,22-14-5-2-6-15-22)23-16-7-3-8-17-23;1-5(2,3)4/h2-20H,1H3;(H2,1,2,3,4)/q-1;/p-2. The molecule has 0 unspecified atom stereocenters. The number of aryl methyl sites for hydroxylation is 1. The van der Waals surface area contributed by atoms with Gasteiger partial charge in [0.25, 0.3) is 0 Å². The van der Waals surface area contributed by atoms with Crippen LogP contribution in [0.15, 0.2) is 109 Å². The zero-order valence-corrected chi connectivity index (χ0v) is 18.2. The molecule has 0 atom stereocenters. The molecule has 0 amide bonds. The fourth-order valence-electron chi connectivity index (χ4n) is 4.11. The second-order valence-electron chi connectivity index (χ2n) is 7.00. The molecule has 3 aromatic rings. The van der Waals surface area contributed by atoms with Crippen molar-refractivity contribution < 1.29 is 17.5 Å². The summed E-state index contributed by atoms with van der Waals surface area (Å²) in [4.78, 5) is 0. The molecule has 0 aromatic heterocycles. The number of hydrogen-bond donors (Lipinski definition) is 0. The molecule has 0 saturated carbocycles. The van der Waals surface area contributed by atoms with Crippen LogP contribution in [0.5, 0.6) is 0 Å². The average Bonchev–Trinajstić information content (AvgIpc) is 2.75. The fraction of sp³-hybridized carbons (Fsp3) is 0.0417. The SMILES string of the molecule is Cc1ccccc1P1(c2ccccc2)(c2ccccc2)C=C[CH-]C=C1.O=S(=O)([O-])[O-]. The van der Waals surface area contributed by atoms with Crippen LogP contribution in [-0.4, -0.2) is 17.5 Å². The summed E-state index contributed by atoms with van der Waals surface area (Å²) >= 11 is 0. The number of benzene rings is 3. The molecule has 1 aliphatic rings. The Morgan fingerprint density at radius 1 is 0.700 bits per heavy atom. The Kier molecular flexibility index (Phi) is 6.30. The molecule has 4 rings (SSSR count). The summed E-state index contributed by atoms with van der Waals surface area (Å²) in [5, 5.41) is 4.19. The molecule has 0 spiro atoms. The fourth-order valence-corrected chi connectivity index (χ4v) is 9.85. The number of hydrogen-bond acceptors (Lipinski definition) is 4. The summed E-state index contributed by atoms with van der Waals surface area (Å²) in [6, 6.07) is 30.8. The van der Waals surface area contributed by atoms with E-state index < -0.39 is 17.0 Å². The van der Waals surface area contributed by atoms with Gasteiger partial charge in [-0.1, -0.05) is 0 Å². The van der Waals surface area contributed by atoms with Crippen molar-refractivity contribution in [3.63, 3.8) is 0 Å². The van der Waals surface area contributed by atoms with Gasteiger partial charge >= 0.3 is 150 Å². The predicted molar refractivity (Wildman–Crippen MR) is 123 cm³/mol. The summed E-state index contributed by atoms with van der Waals surface area (Å²) in [5.41, 5.74) is 1.34. The van der Waals surface area contributed by atoms with Crippen LogP contribution in [0.25, 0.3) is 0 Å². The normalized spacial score (nSPS) is 17.5. The zero-order valence-electron chi connectivity index (χ0n) is 16.5. The smallest absolute Gasteiger partial charge is 0.0311 e. The molecule has 0 radical (unpaired) electrons. The van der Waals surface area contributed by atoms with Gasteiger partial charge < -0.3 is 9.11 Å². The average molecular weight is 437 g/mol. The molecule has 156 valence electrons. The molecular formula is C24H22O4PS-3. The van der Waals surface area contributed by atoms with Crippen molar-refractivity contribution in [3.05, 3.63) is 121 Å². The van der Waals surface area contributed by atoms with Gasteiger partial charge in [0.15, 0.2) is 0 Å². The number of allylic oxidation sites excluding steroid dienone is 2. The van der Waals surface area contributed by atoms with Crippen molar-refractivity contribution in [2.45, 2.75) is 6.92 Å². The molecule has 0 saturated heterocycles. The maximum atomic E-state index is 8.52. The Balaban J connectivity index is 0.000000461. The molecule has 1 heterocycles. The predicted octanol–water partition coefficient (Wildman–Crippen LogP) is 3.73. The molecular weight excluding hydrogens is 415 g/mol. The first-order chi connectivity index (χ1) is 14.3. The van der Waals surface area contributed by atoms with E-state index in [0.717, 1.165) is 0 Å². The van der Waals surface area contributed by atoms with Crippen LogP contribution in [0.1, 0.15) is 5.56 Å². The minimum absolute atomic E-state index is 1.34. The van der Waals surface area contributed by atoms with Gasteiger partial charge in [-0.2, -0.15) is 0 Å². The molecule has 0 bridgehead atoms. The molecule has 0 N–H and O–H groups in total. The Morgan fingerprint density at radius 3 is 1.53 bits per heavy atom. The summed E-state index contributed by atoms with van der Waals surface area (Å²) < 4.78 is 34.1. The Bertz CT molecular complexity index is 1110. The Hall–Kier alpha value is -2.69. The van der Waals surface area contributed by atoms with Gasteiger partial charge in [0, 0.05) is 10.4 Å². The Morgan fingerprint density at radius 2 is 1.10 bits per heavy atom. The first-order valence-electron chi connectivity index (χ1n) is 9.34. The molecule has 3 aromatic carbocycles. The molecule has 30 heavy (non-hydrogen) atoms. The van der Waals surface area contributed by atoms with Gasteiger partial charge in [-0.05, 0) is 0 Å². The van der Waals surface area contributed by atoms with Gasteiger partial charge in [0.05, 0.1) is 0 Å². The second-order valence-corrected chi connectivity index (χ2v) is 12.4. The second kappa shape index (κ2) is 8.58. The largest absolute Gasteiger partial charge is 0.759 e. The molecule has 1 aliphatic heterocycles. The first kappa shape index (κ1) is 22.0. The van der Waals surface area contributed by atoms with Crippen molar-refractivity contribution in [2.24, 2.45) is 0 Å². The van der Waals surface area contributed by atoms with Gasteiger partial charge in [-0.25, -0.2) is 0 Å². The van der Waals surface area contributed by atoms with Crippen molar-refractivity contribution in [2.75, 3.05) is 0 Å². The zero-order chi connectivity index (χ0) is 21.7. The van der Waals surface area contributed by atoms with E-state index in [0.29, 0.717) is 0 Å². The van der Waals surface area contributed by atoms with E-state index in [2.05, 4.69) is 122 Å². The third-order valence-electron chi connectivity index (χ3n) is 5.27. The van der Waals surface area contributed by atoms with Crippen LogP contribution in [-0.2, 0) is 10.4 Å². The van der Waals surface area contributed by atoms with Crippen molar-refractivity contribution in [1.82, 2.24) is 0 Å². The summed E-state index contributed by atoms with van der Waals surface area (Å²) in [5.74, 6) is 4.94. The van der Waals surface area contributed by atoms with Crippen LogP contribution in [0.2, 0.25) is 0 Å². The Labute approximate surface area is 178 Å². The van der Waals surface area contributed by atoms with Crippen LogP contribution < -0.4 is 15.9 Å². The van der Waals surface area contributed by atoms with Crippen LogP contribution in [0.3, 0.4) is 0 Å². The maximum absolute atomic E-state index is 8.52. The molecule has 4 nitrogen and oxygen atoms in total. The summed E-state index contributed by atoms with van der Waals surface area (Å²) in [6.45, 7) is -0.577. The third-order valence-corrected chi connectivity index (χ3v) is 11.2. The molecule has 0 fully saturated rings.